The second-order valence-corrected chi connectivity index (χ2v) is 7.93. The predicted octanol–water partition coefficient (Wildman–Crippen LogP) is 3.12. The van der Waals surface area contributed by atoms with Crippen LogP contribution in [0.15, 0.2) is 18.2 Å². The number of nitrogens with one attached hydrogen (secondary N) is 1. The van der Waals surface area contributed by atoms with Crippen LogP contribution in [0.4, 0.5) is 5.69 Å². The minimum Gasteiger partial charge on any atom is -0.339 e. The maximum absolute atomic E-state index is 12.6. The van der Waals surface area contributed by atoms with Crippen molar-refractivity contribution in [2.24, 2.45) is 0 Å². The van der Waals surface area contributed by atoms with E-state index in [9.17, 15) is 13.2 Å². The molecular formula is C15H21ClN2O3S. The van der Waals surface area contributed by atoms with Crippen LogP contribution in [0, 0.1) is 0 Å². The standard InChI is InChI=1S/C15H21ClN2O3S/c1-18(12-6-4-3-5-7-12)15(19)13-10-11(8-9-14(13)16)17-22(2,20)21/h8-10,12,17H,3-7H2,1-2H3. The van der Waals surface area contributed by atoms with Crippen molar-refractivity contribution in [3.63, 3.8) is 0 Å². The smallest absolute Gasteiger partial charge is 0.255 e. The van der Waals surface area contributed by atoms with Crippen molar-refractivity contribution in [3.05, 3.63) is 28.8 Å². The highest BCUT2D eigenvalue weighted by Gasteiger charge is 2.24. The van der Waals surface area contributed by atoms with Crippen LogP contribution in [0.2, 0.25) is 5.02 Å². The fraction of sp³-hybridized carbons (Fsp3) is 0.533. The number of sulfonamides is 1. The lowest BCUT2D eigenvalue weighted by Crippen LogP contribution is -2.38. The van der Waals surface area contributed by atoms with Gasteiger partial charge in [0.2, 0.25) is 10.0 Å². The molecule has 1 fully saturated rings. The molecule has 1 aromatic carbocycles. The molecule has 0 aromatic heterocycles. The van der Waals surface area contributed by atoms with E-state index in [-0.39, 0.29) is 11.9 Å². The fourth-order valence-electron chi connectivity index (χ4n) is 2.79. The van der Waals surface area contributed by atoms with Crippen LogP contribution in [0.25, 0.3) is 0 Å². The molecular weight excluding hydrogens is 324 g/mol. The number of amides is 1. The van der Waals surface area contributed by atoms with E-state index in [0.29, 0.717) is 16.3 Å². The number of carbonyl (C=O) groups excluding carboxylic acids is 1. The van der Waals surface area contributed by atoms with Crippen molar-refractivity contribution in [1.29, 1.82) is 0 Å². The van der Waals surface area contributed by atoms with Gasteiger partial charge in [0.15, 0.2) is 0 Å². The number of hydrogen-bond acceptors (Lipinski definition) is 3. The van der Waals surface area contributed by atoms with E-state index < -0.39 is 10.0 Å². The third kappa shape index (κ3) is 4.36. The Morgan fingerprint density at radius 1 is 1.27 bits per heavy atom. The summed E-state index contributed by atoms with van der Waals surface area (Å²) < 4.78 is 25.0. The number of anilines is 1. The zero-order valence-electron chi connectivity index (χ0n) is 12.8. The molecule has 0 unspecified atom stereocenters. The van der Waals surface area contributed by atoms with Crippen LogP contribution in [-0.4, -0.2) is 38.6 Å². The first-order chi connectivity index (χ1) is 10.3. The van der Waals surface area contributed by atoms with Crippen LogP contribution in [0.3, 0.4) is 0 Å². The molecule has 1 amide bonds. The van der Waals surface area contributed by atoms with E-state index in [1.165, 1.54) is 18.6 Å². The monoisotopic (exact) mass is 344 g/mol. The first-order valence-electron chi connectivity index (χ1n) is 7.32. The van der Waals surface area contributed by atoms with E-state index in [2.05, 4.69) is 4.72 Å². The minimum absolute atomic E-state index is 0.172. The van der Waals surface area contributed by atoms with Gasteiger partial charge in [0, 0.05) is 18.8 Å². The molecule has 0 saturated heterocycles. The van der Waals surface area contributed by atoms with Crippen molar-refractivity contribution >= 4 is 33.2 Å². The van der Waals surface area contributed by atoms with Gasteiger partial charge in [-0.2, -0.15) is 0 Å². The quantitative estimate of drug-likeness (QED) is 0.912. The van der Waals surface area contributed by atoms with Crippen molar-refractivity contribution in [2.75, 3.05) is 18.0 Å². The topological polar surface area (TPSA) is 66.5 Å². The molecule has 0 radical (unpaired) electrons. The van der Waals surface area contributed by atoms with E-state index in [0.717, 1.165) is 31.9 Å². The SMILES string of the molecule is CN(C(=O)c1cc(NS(C)(=O)=O)ccc1Cl)C1CCCCC1. The van der Waals surface area contributed by atoms with Gasteiger partial charge in [0.05, 0.1) is 16.8 Å². The summed E-state index contributed by atoms with van der Waals surface area (Å²) in [5, 5.41) is 0.326. The second kappa shape index (κ2) is 6.87. The van der Waals surface area contributed by atoms with E-state index in [1.54, 1.807) is 18.0 Å². The molecule has 22 heavy (non-hydrogen) atoms. The average Bonchev–Trinajstić information content (AvgIpc) is 2.47. The number of nitrogens with zero attached hydrogens (tertiary/aromatic N) is 1. The predicted molar refractivity (Wildman–Crippen MR) is 88.9 cm³/mol. The highest BCUT2D eigenvalue weighted by molar-refractivity contribution is 7.92. The Hall–Kier alpha value is -1.27. The molecule has 1 N–H and O–H groups in total. The lowest BCUT2D eigenvalue weighted by atomic mass is 9.94. The van der Waals surface area contributed by atoms with Crippen LogP contribution in [0.1, 0.15) is 42.5 Å². The first kappa shape index (κ1) is 17.1. The molecule has 1 aliphatic carbocycles. The highest BCUT2D eigenvalue weighted by Crippen LogP contribution is 2.26. The Morgan fingerprint density at radius 3 is 2.50 bits per heavy atom. The Balaban J connectivity index is 2.22. The lowest BCUT2D eigenvalue weighted by molar-refractivity contribution is 0.0696. The van der Waals surface area contributed by atoms with Gasteiger partial charge in [0.25, 0.3) is 5.91 Å². The molecule has 0 heterocycles. The molecule has 122 valence electrons. The lowest BCUT2D eigenvalue weighted by Gasteiger charge is -2.31. The van der Waals surface area contributed by atoms with Crippen molar-refractivity contribution in [2.45, 2.75) is 38.1 Å². The summed E-state index contributed by atoms with van der Waals surface area (Å²) in [5.74, 6) is -0.172. The number of rotatable bonds is 4. The van der Waals surface area contributed by atoms with Gasteiger partial charge in [0.1, 0.15) is 0 Å². The third-order valence-corrected chi connectivity index (χ3v) is 4.88. The van der Waals surface area contributed by atoms with Crippen LogP contribution >= 0.6 is 11.6 Å². The summed E-state index contributed by atoms with van der Waals surface area (Å²) in [7, 11) is -1.61. The number of hydrogen-bond donors (Lipinski definition) is 1. The maximum atomic E-state index is 12.6. The maximum Gasteiger partial charge on any atom is 0.255 e. The molecule has 7 heteroatoms. The summed E-state index contributed by atoms with van der Waals surface area (Å²) >= 11 is 6.12. The fourth-order valence-corrected chi connectivity index (χ4v) is 3.54. The molecule has 0 atom stereocenters. The molecule has 1 aliphatic rings. The molecule has 1 aromatic rings. The van der Waals surface area contributed by atoms with E-state index >= 15 is 0 Å². The van der Waals surface area contributed by atoms with Crippen LogP contribution in [-0.2, 0) is 10.0 Å². The Morgan fingerprint density at radius 2 is 1.91 bits per heavy atom. The van der Waals surface area contributed by atoms with Gasteiger partial charge in [-0.1, -0.05) is 30.9 Å². The van der Waals surface area contributed by atoms with Gasteiger partial charge in [-0.15, -0.1) is 0 Å². The van der Waals surface area contributed by atoms with Crippen molar-refractivity contribution < 1.29 is 13.2 Å². The Bertz CT molecular complexity index is 655. The Labute approximate surface area is 136 Å². The minimum atomic E-state index is -3.39. The zero-order valence-corrected chi connectivity index (χ0v) is 14.4. The largest absolute Gasteiger partial charge is 0.339 e. The first-order valence-corrected chi connectivity index (χ1v) is 9.59. The Kier molecular flexibility index (Phi) is 5.34. The van der Waals surface area contributed by atoms with Crippen LogP contribution in [0.5, 0.6) is 0 Å². The van der Waals surface area contributed by atoms with Gasteiger partial charge < -0.3 is 4.90 Å². The van der Waals surface area contributed by atoms with Gasteiger partial charge in [-0.3, -0.25) is 9.52 Å². The van der Waals surface area contributed by atoms with Gasteiger partial charge in [-0.05, 0) is 31.0 Å². The summed E-state index contributed by atoms with van der Waals surface area (Å²) in [6.07, 6.45) is 6.55. The van der Waals surface area contributed by atoms with Crippen molar-refractivity contribution in [1.82, 2.24) is 4.90 Å². The summed E-state index contributed by atoms with van der Waals surface area (Å²) in [6.45, 7) is 0. The van der Waals surface area contributed by atoms with E-state index in [4.69, 9.17) is 11.6 Å². The van der Waals surface area contributed by atoms with Gasteiger partial charge in [-0.25, -0.2) is 8.42 Å². The number of halogens is 1. The van der Waals surface area contributed by atoms with Gasteiger partial charge >= 0.3 is 0 Å². The van der Waals surface area contributed by atoms with Crippen molar-refractivity contribution in [3.8, 4) is 0 Å². The molecule has 1 saturated carbocycles. The molecule has 2 rings (SSSR count). The highest BCUT2D eigenvalue weighted by atomic mass is 35.5. The molecule has 5 nitrogen and oxygen atoms in total. The normalized spacial score (nSPS) is 16.3. The summed E-state index contributed by atoms with van der Waals surface area (Å²) in [4.78, 5) is 14.4. The second-order valence-electron chi connectivity index (χ2n) is 5.78. The van der Waals surface area contributed by atoms with E-state index in [1.807, 2.05) is 0 Å². The third-order valence-electron chi connectivity index (χ3n) is 3.94. The average molecular weight is 345 g/mol. The summed E-state index contributed by atoms with van der Waals surface area (Å²) in [6, 6.07) is 4.80. The summed E-state index contributed by atoms with van der Waals surface area (Å²) in [5.41, 5.74) is 0.663. The number of benzene rings is 1. The number of carbonyl (C=O) groups is 1. The molecule has 0 bridgehead atoms. The molecule has 0 aliphatic heterocycles. The van der Waals surface area contributed by atoms with Crippen LogP contribution < -0.4 is 4.72 Å². The molecule has 0 spiro atoms. The zero-order chi connectivity index (χ0) is 16.3.